The summed E-state index contributed by atoms with van der Waals surface area (Å²) in [7, 11) is 0. The van der Waals surface area contributed by atoms with Crippen LogP contribution < -0.4 is 5.73 Å². The summed E-state index contributed by atoms with van der Waals surface area (Å²) in [5, 5.41) is 13.8. The van der Waals surface area contributed by atoms with Crippen molar-refractivity contribution in [3.63, 3.8) is 0 Å². The minimum absolute atomic E-state index is 0.239. The predicted molar refractivity (Wildman–Crippen MR) is 53.9 cm³/mol. The van der Waals surface area contributed by atoms with E-state index >= 15 is 0 Å². The smallest absolute Gasteiger partial charge is 0.0913 e. The standard InChI is InChI=1S/C10H13N3O/c1-7-4-9-5-8(10(14)6-11)2-3-13(9)12-7/h2-5,10,14H,6,11H2,1H3. The monoisotopic (exact) mass is 191 g/mol. The highest BCUT2D eigenvalue weighted by Crippen LogP contribution is 2.14. The molecule has 0 radical (unpaired) electrons. The van der Waals surface area contributed by atoms with Crippen molar-refractivity contribution in [2.24, 2.45) is 5.73 Å². The molecule has 3 N–H and O–H groups in total. The summed E-state index contributed by atoms with van der Waals surface area (Å²) in [6.45, 7) is 2.18. The molecule has 0 aliphatic heterocycles. The van der Waals surface area contributed by atoms with E-state index in [1.54, 1.807) is 4.52 Å². The molecule has 0 aromatic carbocycles. The molecule has 2 aromatic rings. The summed E-state index contributed by atoms with van der Waals surface area (Å²) >= 11 is 0. The van der Waals surface area contributed by atoms with Gasteiger partial charge in [0, 0.05) is 12.7 Å². The van der Waals surface area contributed by atoms with Crippen LogP contribution in [0.2, 0.25) is 0 Å². The molecule has 14 heavy (non-hydrogen) atoms. The Hall–Kier alpha value is -1.39. The lowest BCUT2D eigenvalue weighted by Gasteiger charge is -2.07. The SMILES string of the molecule is Cc1cc2cc(C(O)CN)ccn2n1. The summed E-state index contributed by atoms with van der Waals surface area (Å²) in [5.41, 5.74) is 8.16. The average molecular weight is 191 g/mol. The quantitative estimate of drug-likeness (QED) is 0.732. The molecule has 4 nitrogen and oxygen atoms in total. The van der Waals surface area contributed by atoms with E-state index in [1.165, 1.54) is 0 Å². The van der Waals surface area contributed by atoms with E-state index in [0.29, 0.717) is 0 Å². The normalized spacial score (nSPS) is 13.4. The highest BCUT2D eigenvalue weighted by molar-refractivity contribution is 5.49. The lowest BCUT2D eigenvalue weighted by atomic mass is 10.1. The zero-order valence-electron chi connectivity index (χ0n) is 8.01. The second-order valence-electron chi connectivity index (χ2n) is 3.37. The van der Waals surface area contributed by atoms with E-state index in [-0.39, 0.29) is 6.54 Å². The summed E-state index contributed by atoms with van der Waals surface area (Å²) in [6.07, 6.45) is 1.24. The van der Waals surface area contributed by atoms with E-state index in [9.17, 15) is 5.11 Å². The Morgan fingerprint density at radius 3 is 3.07 bits per heavy atom. The lowest BCUT2D eigenvalue weighted by molar-refractivity contribution is 0.187. The number of pyridine rings is 1. The van der Waals surface area contributed by atoms with Gasteiger partial charge in [0.2, 0.25) is 0 Å². The minimum Gasteiger partial charge on any atom is -0.387 e. The van der Waals surface area contributed by atoms with Gasteiger partial charge < -0.3 is 10.8 Å². The fraction of sp³-hybridized carbons (Fsp3) is 0.300. The number of nitrogens with zero attached hydrogens (tertiary/aromatic N) is 2. The molecule has 1 unspecified atom stereocenters. The van der Waals surface area contributed by atoms with Crippen molar-refractivity contribution in [3.8, 4) is 0 Å². The van der Waals surface area contributed by atoms with E-state index in [1.807, 2.05) is 31.3 Å². The van der Waals surface area contributed by atoms with Gasteiger partial charge in [0.05, 0.1) is 17.3 Å². The fourth-order valence-corrected chi connectivity index (χ4v) is 1.48. The topological polar surface area (TPSA) is 63.5 Å². The zero-order valence-corrected chi connectivity index (χ0v) is 8.01. The van der Waals surface area contributed by atoms with Gasteiger partial charge in [-0.05, 0) is 30.7 Å². The Morgan fingerprint density at radius 2 is 2.36 bits per heavy atom. The van der Waals surface area contributed by atoms with Crippen LogP contribution in [-0.4, -0.2) is 21.3 Å². The maximum Gasteiger partial charge on any atom is 0.0913 e. The number of rotatable bonds is 2. The molecule has 0 bridgehead atoms. The maximum atomic E-state index is 9.54. The van der Waals surface area contributed by atoms with Crippen molar-refractivity contribution < 1.29 is 5.11 Å². The highest BCUT2D eigenvalue weighted by atomic mass is 16.3. The number of aliphatic hydroxyl groups excluding tert-OH is 1. The van der Waals surface area contributed by atoms with Gasteiger partial charge in [-0.2, -0.15) is 5.10 Å². The number of nitrogens with two attached hydrogens (primary N) is 1. The van der Waals surface area contributed by atoms with Gasteiger partial charge in [-0.3, -0.25) is 0 Å². The molecule has 0 aliphatic carbocycles. The van der Waals surface area contributed by atoms with Crippen molar-refractivity contribution in [3.05, 3.63) is 35.7 Å². The molecule has 0 aliphatic rings. The Labute approximate surface area is 82.0 Å². The Kier molecular flexibility index (Phi) is 2.23. The molecule has 0 amide bonds. The number of fused-ring (bicyclic) bond motifs is 1. The van der Waals surface area contributed by atoms with Crippen LogP contribution in [-0.2, 0) is 0 Å². The van der Waals surface area contributed by atoms with Crippen molar-refractivity contribution in [2.75, 3.05) is 6.54 Å². The Morgan fingerprint density at radius 1 is 1.57 bits per heavy atom. The van der Waals surface area contributed by atoms with Crippen LogP contribution in [0.15, 0.2) is 24.4 Å². The molecule has 2 rings (SSSR count). The molecule has 2 heterocycles. The number of hydrogen-bond acceptors (Lipinski definition) is 3. The second kappa shape index (κ2) is 3.40. The third kappa shape index (κ3) is 1.49. The van der Waals surface area contributed by atoms with Crippen LogP contribution in [0.25, 0.3) is 5.52 Å². The van der Waals surface area contributed by atoms with Crippen LogP contribution in [0.1, 0.15) is 17.4 Å². The molecule has 74 valence electrons. The van der Waals surface area contributed by atoms with E-state index < -0.39 is 6.10 Å². The lowest BCUT2D eigenvalue weighted by Crippen LogP contribution is -2.11. The van der Waals surface area contributed by atoms with E-state index in [0.717, 1.165) is 16.8 Å². The molecule has 0 fully saturated rings. The first-order valence-corrected chi connectivity index (χ1v) is 4.55. The summed E-state index contributed by atoms with van der Waals surface area (Å²) in [6, 6.07) is 5.70. The third-order valence-corrected chi connectivity index (χ3v) is 2.22. The molecule has 2 aromatic heterocycles. The number of aliphatic hydroxyl groups is 1. The average Bonchev–Trinajstić information content (AvgIpc) is 2.55. The van der Waals surface area contributed by atoms with E-state index in [4.69, 9.17) is 5.73 Å². The Balaban J connectivity index is 2.50. The van der Waals surface area contributed by atoms with E-state index in [2.05, 4.69) is 5.10 Å². The van der Waals surface area contributed by atoms with Crippen molar-refractivity contribution in [2.45, 2.75) is 13.0 Å². The zero-order chi connectivity index (χ0) is 10.1. The van der Waals surface area contributed by atoms with Gasteiger partial charge in [-0.15, -0.1) is 0 Å². The van der Waals surface area contributed by atoms with Gasteiger partial charge >= 0.3 is 0 Å². The van der Waals surface area contributed by atoms with Crippen LogP contribution in [0.5, 0.6) is 0 Å². The molecule has 0 saturated heterocycles. The Bertz CT molecular complexity index is 450. The van der Waals surface area contributed by atoms with Crippen LogP contribution >= 0.6 is 0 Å². The van der Waals surface area contributed by atoms with Gasteiger partial charge in [-0.1, -0.05) is 0 Å². The molecular weight excluding hydrogens is 178 g/mol. The molecule has 0 saturated carbocycles. The van der Waals surface area contributed by atoms with Crippen LogP contribution in [0.4, 0.5) is 0 Å². The molecular formula is C10H13N3O. The first kappa shape index (κ1) is 9.18. The van der Waals surface area contributed by atoms with Crippen molar-refractivity contribution in [1.82, 2.24) is 9.61 Å². The molecule has 4 heteroatoms. The van der Waals surface area contributed by atoms with Gasteiger partial charge in [-0.25, -0.2) is 4.52 Å². The van der Waals surface area contributed by atoms with Gasteiger partial charge in [0.1, 0.15) is 0 Å². The van der Waals surface area contributed by atoms with Crippen molar-refractivity contribution >= 4 is 5.52 Å². The summed E-state index contributed by atoms with van der Waals surface area (Å²) < 4.78 is 1.78. The number of hydrogen-bond donors (Lipinski definition) is 2. The second-order valence-corrected chi connectivity index (χ2v) is 3.37. The largest absolute Gasteiger partial charge is 0.387 e. The predicted octanol–water partition coefficient (Wildman–Crippen LogP) is 0.635. The van der Waals surface area contributed by atoms with Crippen LogP contribution in [0.3, 0.4) is 0 Å². The fourth-order valence-electron chi connectivity index (χ4n) is 1.48. The van der Waals surface area contributed by atoms with Gasteiger partial charge in [0.15, 0.2) is 0 Å². The summed E-state index contributed by atoms with van der Waals surface area (Å²) in [4.78, 5) is 0. The number of aryl methyl sites for hydroxylation is 1. The highest BCUT2D eigenvalue weighted by Gasteiger charge is 2.06. The molecule has 0 spiro atoms. The number of aromatic nitrogens is 2. The maximum absolute atomic E-state index is 9.54. The van der Waals surface area contributed by atoms with Gasteiger partial charge in [0.25, 0.3) is 0 Å². The van der Waals surface area contributed by atoms with Crippen LogP contribution in [0, 0.1) is 6.92 Å². The first-order valence-electron chi connectivity index (χ1n) is 4.55. The molecule has 1 atom stereocenters. The first-order chi connectivity index (χ1) is 6.70. The minimum atomic E-state index is -0.588. The third-order valence-electron chi connectivity index (χ3n) is 2.22. The summed E-state index contributed by atoms with van der Waals surface area (Å²) in [5.74, 6) is 0. The van der Waals surface area contributed by atoms with Crippen molar-refractivity contribution in [1.29, 1.82) is 0 Å².